The molecule has 1 rings (SSSR count). The highest BCUT2D eigenvalue weighted by atomic mass is 35.5. The number of ether oxygens (including phenoxy) is 1. The summed E-state index contributed by atoms with van der Waals surface area (Å²) in [5.74, 6) is 0.279. The lowest BCUT2D eigenvalue weighted by molar-refractivity contribution is -0.219. The topological polar surface area (TPSA) is 102 Å². The number of amides is 2. The second kappa shape index (κ2) is 7.86. The number of halogens is 1. The maximum atomic E-state index is 11.9. The van der Waals surface area contributed by atoms with Crippen molar-refractivity contribution in [3.8, 4) is 0 Å². The minimum Gasteiger partial charge on any atom is -0.388 e. The molecule has 0 bridgehead atoms. The molecule has 0 aliphatic carbocycles. The summed E-state index contributed by atoms with van der Waals surface area (Å²) in [5.41, 5.74) is 0. The van der Waals surface area contributed by atoms with E-state index >= 15 is 0 Å². The minimum atomic E-state index is -1.35. The Balaban J connectivity index is 2.72. The van der Waals surface area contributed by atoms with E-state index in [0.717, 1.165) is 0 Å². The SMILES string of the molecule is CCCN(C(=O)NCCCl)[C@@H]1OC[C@@H](O)[C@@H](O)[C@@H]1O. The minimum absolute atomic E-state index is 0.133. The first-order valence-electron chi connectivity index (χ1n) is 6.29. The van der Waals surface area contributed by atoms with Gasteiger partial charge in [-0.25, -0.2) is 4.79 Å². The third-order valence-electron chi connectivity index (χ3n) is 2.88. The Morgan fingerprint density at radius 3 is 2.68 bits per heavy atom. The van der Waals surface area contributed by atoms with Gasteiger partial charge in [0.05, 0.1) is 6.61 Å². The average molecular weight is 297 g/mol. The number of nitrogens with one attached hydrogen (secondary N) is 1. The van der Waals surface area contributed by atoms with Crippen molar-refractivity contribution in [2.24, 2.45) is 0 Å². The zero-order valence-electron chi connectivity index (χ0n) is 10.8. The number of nitrogens with zero attached hydrogens (tertiary/aromatic N) is 1. The molecule has 4 N–H and O–H groups in total. The van der Waals surface area contributed by atoms with Gasteiger partial charge in [0, 0.05) is 19.0 Å². The summed E-state index contributed by atoms with van der Waals surface area (Å²) in [6, 6.07) is -0.421. The predicted molar refractivity (Wildman–Crippen MR) is 68.9 cm³/mol. The number of carbonyl (C=O) groups excluding carboxylic acids is 1. The maximum absolute atomic E-state index is 11.9. The van der Waals surface area contributed by atoms with Crippen molar-refractivity contribution in [1.82, 2.24) is 10.2 Å². The number of aliphatic hydroxyl groups excluding tert-OH is 3. The number of hydrogen-bond donors (Lipinski definition) is 4. The zero-order chi connectivity index (χ0) is 14.4. The van der Waals surface area contributed by atoms with Gasteiger partial charge in [0.15, 0.2) is 6.23 Å². The molecular formula is C11H21ClN2O5. The molecule has 2 amide bonds. The Morgan fingerprint density at radius 1 is 1.42 bits per heavy atom. The first-order valence-corrected chi connectivity index (χ1v) is 6.82. The van der Waals surface area contributed by atoms with Crippen LogP contribution in [0.1, 0.15) is 13.3 Å². The number of carbonyl (C=O) groups is 1. The van der Waals surface area contributed by atoms with Crippen LogP contribution in [0.4, 0.5) is 4.79 Å². The molecule has 112 valence electrons. The van der Waals surface area contributed by atoms with Gasteiger partial charge >= 0.3 is 6.03 Å². The Labute approximate surface area is 117 Å². The van der Waals surface area contributed by atoms with Gasteiger partial charge in [0.1, 0.15) is 18.3 Å². The molecule has 1 fully saturated rings. The summed E-state index contributed by atoms with van der Waals surface area (Å²) in [6.45, 7) is 2.40. The maximum Gasteiger partial charge on any atom is 0.319 e. The van der Waals surface area contributed by atoms with Crippen molar-refractivity contribution in [3.63, 3.8) is 0 Å². The van der Waals surface area contributed by atoms with Crippen LogP contribution in [0.25, 0.3) is 0 Å². The third kappa shape index (κ3) is 4.19. The van der Waals surface area contributed by atoms with Crippen LogP contribution in [-0.4, -0.2) is 76.4 Å². The highest BCUT2D eigenvalue weighted by Crippen LogP contribution is 2.19. The molecule has 0 aromatic rings. The van der Waals surface area contributed by atoms with Crippen LogP contribution in [-0.2, 0) is 4.74 Å². The summed E-state index contributed by atoms with van der Waals surface area (Å²) in [5, 5.41) is 31.5. The van der Waals surface area contributed by atoms with Gasteiger partial charge in [-0.1, -0.05) is 6.92 Å². The van der Waals surface area contributed by atoms with E-state index in [1.165, 1.54) is 4.90 Å². The number of aliphatic hydroxyl groups is 3. The Morgan fingerprint density at radius 2 is 2.11 bits per heavy atom. The second-order valence-electron chi connectivity index (χ2n) is 4.39. The van der Waals surface area contributed by atoms with E-state index in [4.69, 9.17) is 16.3 Å². The fourth-order valence-corrected chi connectivity index (χ4v) is 2.00. The summed E-state index contributed by atoms with van der Waals surface area (Å²) in [4.78, 5) is 13.2. The van der Waals surface area contributed by atoms with E-state index in [9.17, 15) is 20.1 Å². The monoisotopic (exact) mass is 296 g/mol. The van der Waals surface area contributed by atoms with Crippen molar-refractivity contribution < 1.29 is 24.9 Å². The van der Waals surface area contributed by atoms with Crippen molar-refractivity contribution in [3.05, 3.63) is 0 Å². The van der Waals surface area contributed by atoms with Crippen LogP contribution < -0.4 is 5.32 Å². The van der Waals surface area contributed by atoms with Gasteiger partial charge in [-0.05, 0) is 6.42 Å². The standard InChI is InChI=1S/C11H21ClN2O5/c1-2-5-14(11(18)13-4-3-12)10-9(17)8(16)7(15)6-19-10/h7-10,15-17H,2-6H2,1H3,(H,13,18)/t7-,8-,9+,10-/m1/s1. The molecule has 0 unspecified atom stereocenters. The van der Waals surface area contributed by atoms with Crippen LogP contribution in [0.5, 0.6) is 0 Å². The highest BCUT2D eigenvalue weighted by molar-refractivity contribution is 6.18. The van der Waals surface area contributed by atoms with Crippen LogP contribution in [0, 0.1) is 0 Å². The molecule has 0 aromatic heterocycles. The number of urea groups is 1. The second-order valence-corrected chi connectivity index (χ2v) is 4.76. The van der Waals surface area contributed by atoms with Gasteiger partial charge in [0.25, 0.3) is 0 Å². The van der Waals surface area contributed by atoms with E-state index in [1.807, 2.05) is 6.92 Å². The van der Waals surface area contributed by atoms with Gasteiger partial charge in [0.2, 0.25) is 0 Å². The Kier molecular flexibility index (Phi) is 6.81. The summed E-state index contributed by atoms with van der Waals surface area (Å²) >= 11 is 5.50. The van der Waals surface area contributed by atoms with Crippen LogP contribution >= 0.6 is 11.6 Å². The number of alkyl halides is 1. The molecule has 7 nitrogen and oxygen atoms in total. The predicted octanol–water partition coefficient (Wildman–Crippen LogP) is -0.914. The van der Waals surface area contributed by atoms with Crippen LogP contribution in [0.2, 0.25) is 0 Å². The highest BCUT2D eigenvalue weighted by Gasteiger charge is 2.41. The molecule has 4 atom stereocenters. The van der Waals surface area contributed by atoms with Gasteiger partial charge in [-0.3, -0.25) is 4.90 Å². The van der Waals surface area contributed by atoms with Crippen molar-refractivity contribution in [1.29, 1.82) is 0 Å². The Hall–Kier alpha value is -0.600. The summed E-state index contributed by atoms with van der Waals surface area (Å²) < 4.78 is 5.26. The lowest BCUT2D eigenvalue weighted by Crippen LogP contribution is -2.61. The fourth-order valence-electron chi connectivity index (χ4n) is 1.91. The molecule has 1 saturated heterocycles. The molecule has 0 aromatic carbocycles. The van der Waals surface area contributed by atoms with Crippen LogP contribution in [0.15, 0.2) is 0 Å². The molecule has 8 heteroatoms. The zero-order valence-corrected chi connectivity index (χ0v) is 11.6. The quantitative estimate of drug-likeness (QED) is 0.492. The molecule has 1 aliphatic rings. The molecular weight excluding hydrogens is 276 g/mol. The molecule has 0 spiro atoms. The van der Waals surface area contributed by atoms with Crippen molar-refractivity contribution >= 4 is 17.6 Å². The first kappa shape index (κ1) is 16.5. The smallest absolute Gasteiger partial charge is 0.319 e. The van der Waals surface area contributed by atoms with E-state index in [-0.39, 0.29) is 12.5 Å². The first-order chi connectivity index (χ1) is 9.02. The van der Waals surface area contributed by atoms with E-state index in [0.29, 0.717) is 19.5 Å². The van der Waals surface area contributed by atoms with Crippen LogP contribution in [0.3, 0.4) is 0 Å². The molecule has 19 heavy (non-hydrogen) atoms. The van der Waals surface area contributed by atoms with Gasteiger partial charge < -0.3 is 25.4 Å². The van der Waals surface area contributed by atoms with E-state index in [1.54, 1.807) is 0 Å². The third-order valence-corrected chi connectivity index (χ3v) is 3.07. The summed E-state index contributed by atoms with van der Waals surface area (Å²) in [7, 11) is 0. The largest absolute Gasteiger partial charge is 0.388 e. The number of hydrogen-bond acceptors (Lipinski definition) is 5. The van der Waals surface area contributed by atoms with Gasteiger partial charge in [-0.15, -0.1) is 11.6 Å². The number of rotatable bonds is 5. The normalized spacial score (nSPS) is 31.0. The van der Waals surface area contributed by atoms with Gasteiger partial charge in [-0.2, -0.15) is 0 Å². The molecule has 1 heterocycles. The summed E-state index contributed by atoms with van der Waals surface area (Å²) in [6.07, 6.45) is -4.15. The van der Waals surface area contributed by atoms with Crippen molar-refractivity contribution in [2.75, 3.05) is 25.6 Å². The van der Waals surface area contributed by atoms with E-state index in [2.05, 4.69) is 5.32 Å². The Bertz CT molecular complexity index is 294. The van der Waals surface area contributed by atoms with Crippen molar-refractivity contribution in [2.45, 2.75) is 37.9 Å². The molecule has 0 radical (unpaired) electrons. The fraction of sp³-hybridized carbons (Fsp3) is 0.909. The lowest BCUT2D eigenvalue weighted by Gasteiger charge is -2.41. The lowest BCUT2D eigenvalue weighted by atomic mass is 10.0. The van der Waals surface area contributed by atoms with E-state index < -0.39 is 30.6 Å². The molecule has 1 aliphatic heterocycles. The molecule has 0 saturated carbocycles. The average Bonchev–Trinajstić information content (AvgIpc) is 2.40.